The molecule has 0 saturated carbocycles. The van der Waals surface area contributed by atoms with Crippen LogP contribution in [0.4, 0.5) is 4.79 Å². The molecule has 0 aromatic carbocycles. The number of rotatable bonds is 5. The van der Waals surface area contributed by atoms with Crippen LogP contribution in [0.2, 0.25) is 0 Å². The van der Waals surface area contributed by atoms with E-state index in [2.05, 4.69) is 29.0 Å². The van der Waals surface area contributed by atoms with Gasteiger partial charge in [-0.1, -0.05) is 6.07 Å². The maximum Gasteiger partial charge on any atom is 0.407 e. The number of carbonyl (C=O) groups excluding carboxylic acids is 1. The Bertz CT molecular complexity index is 385. The summed E-state index contributed by atoms with van der Waals surface area (Å²) in [6, 6.07) is 4.47. The highest BCUT2D eigenvalue weighted by molar-refractivity contribution is 7.10. The van der Waals surface area contributed by atoms with Gasteiger partial charge >= 0.3 is 6.09 Å². The molecule has 1 aromatic rings. The smallest absolute Gasteiger partial charge is 0.407 e. The van der Waals surface area contributed by atoms with Crippen LogP contribution in [-0.4, -0.2) is 24.3 Å². The van der Waals surface area contributed by atoms with E-state index in [1.807, 2.05) is 33.8 Å². The maximum absolute atomic E-state index is 11.6. The molecule has 108 valence electrons. The van der Waals surface area contributed by atoms with E-state index in [4.69, 9.17) is 4.74 Å². The standard InChI is InChI=1S/C14H24N2O2S/c1-10(16-13(17)18-14(3,4)5)9-15-11(2)12-7-6-8-19-12/h6-8,10-11,15H,9H2,1-5H3,(H,16,17). The average Bonchev–Trinajstić information content (AvgIpc) is 2.76. The number of hydrogen-bond acceptors (Lipinski definition) is 4. The SMILES string of the molecule is CC(CNC(C)c1cccs1)NC(=O)OC(C)(C)C. The van der Waals surface area contributed by atoms with Gasteiger partial charge in [0.25, 0.3) is 0 Å². The molecule has 1 heterocycles. The highest BCUT2D eigenvalue weighted by Crippen LogP contribution is 2.17. The lowest BCUT2D eigenvalue weighted by Crippen LogP contribution is -2.42. The van der Waals surface area contributed by atoms with E-state index >= 15 is 0 Å². The normalized spacial score (nSPS) is 14.8. The third-order valence-corrected chi connectivity index (χ3v) is 3.52. The molecule has 2 unspecified atom stereocenters. The molecule has 0 aliphatic carbocycles. The molecule has 1 amide bonds. The summed E-state index contributed by atoms with van der Waals surface area (Å²) in [5, 5.41) is 8.28. The van der Waals surface area contributed by atoms with Crippen molar-refractivity contribution in [2.75, 3.05) is 6.54 Å². The number of carbonyl (C=O) groups is 1. The average molecular weight is 284 g/mol. The Balaban J connectivity index is 2.28. The predicted molar refractivity (Wildman–Crippen MR) is 79.6 cm³/mol. The van der Waals surface area contributed by atoms with Crippen LogP contribution in [-0.2, 0) is 4.74 Å². The second kappa shape index (κ2) is 6.91. The van der Waals surface area contributed by atoms with Gasteiger partial charge < -0.3 is 15.4 Å². The minimum absolute atomic E-state index is 0.0252. The van der Waals surface area contributed by atoms with Crippen molar-refractivity contribution in [3.8, 4) is 0 Å². The van der Waals surface area contributed by atoms with Gasteiger partial charge in [0.15, 0.2) is 0 Å². The first-order valence-corrected chi connectivity index (χ1v) is 7.42. The molecule has 0 saturated heterocycles. The molecule has 5 heteroatoms. The summed E-state index contributed by atoms with van der Waals surface area (Å²) < 4.78 is 5.21. The van der Waals surface area contributed by atoms with Gasteiger partial charge in [0.05, 0.1) is 0 Å². The van der Waals surface area contributed by atoms with Crippen LogP contribution in [0.3, 0.4) is 0 Å². The predicted octanol–water partition coefficient (Wildman–Crippen LogP) is 3.31. The number of alkyl carbamates (subject to hydrolysis) is 1. The van der Waals surface area contributed by atoms with Crippen LogP contribution in [0.5, 0.6) is 0 Å². The van der Waals surface area contributed by atoms with E-state index in [1.54, 1.807) is 11.3 Å². The lowest BCUT2D eigenvalue weighted by molar-refractivity contribution is 0.0508. The summed E-state index contributed by atoms with van der Waals surface area (Å²) in [5.41, 5.74) is -0.457. The molecule has 0 aliphatic heterocycles. The van der Waals surface area contributed by atoms with Crippen LogP contribution in [0.1, 0.15) is 45.5 Å². The van der Waals surface area contributed by atoms with Crippen molar-refractivity contribution in [1.29, 1.82) is 0 Å². The van der Waals surface area contributed by atoms with Gasteiger partial charge in [-0.2, -0.15) is 0 Å². The minimum Gasteiger partial charge on any atom is -0.444 e. The summed E-state index contributed by atoms with van der Waals surface area (Å²) in [4.78, 5) is 12.9. The Morgan fingerprint density at radius 2 is 2.11 bits per heavy atom. The van der Waals surface area contributed by atoms with Crippen molar-refractivity contribution in [3.05, 3.63) is 22.4 Å². The first kappa shape index (κ1) is 16.0. The highest BCUT2D eigenvalue weighted by Gasteiger charge is 2.17. The number of nitrogens with one attached hydrogen (secondary N) is 2. The van der Waals surface area contributed by atoms with E-state index in [1.165, 1.54) is 4.88 Å². The van der Waals surface area contributed by atoms with Gasteiger partial charge in [-0.05, 0) is 46.1 Å². The first-order valence-electron chi connectivity index (χ1n) is 6.54. The third kappa shape index (κ3) is 6.59. The fourth-order valence-electron chi connectivity index (χ4n) is 1.55. The van der Waals surface area contributed by atoms with Crippen LogP contribution < -0.4 is 10.6 Å². The molecule has 0 spiro atoms. The van der Waals surface area contributed by atoms with Crippen LogP contribution in [0, 0.1) is 0 Å². The van der Waals surface area contributed by atoms with Gasteiger partial charge in [0.1, 0.15) is 5.60 Å². The van der Waals surface area contributed by atoms with E-state index in [9.17, 15) is 4.79 Å². The maximum atomic E-state index is 11.6. The van der Waals surface area contributed by atoms with Crippen molar-refractivity contribution in [3.63, 3.8) is 0 Å². The molecule has 4 nitrogen and oxygen atoms in total. The summed E-state index contributed by atoms with van der Waals surface area (Å²) in [6.07, 6.45) is -0.370. The molecule has 1 aromatic heterocycles. The Labute approximate surface area is 119 Å². The number of amides is 1. The summed E-state index contributed by atoms with van der Waals surface area (Å²) >= 11 is 1.73. The Hall–Kier alpha value is -1.07. The molecule has 0 fully saturated rings. The molecule has 2 atom stereocenters. The monoisotopic (exact) mass is 284 g/mol. The number of thiophene rings is 1. The molecule has 1 rings (SSSR count). The molecule has 0 radical (unpaired) electrons. The fraction of sp³-hybridized carbons (Fsp3) is 0.643. The number of ether oxygens (including phenoxy) is 1. The van der Waals surface area contributed by atoms with Gasteiger partial charge in [0, 0.05) is 23.5 Å². The fourth-order valence-corrected chi connectivity index (χ4v) is 2.31. The molecule has 0 aliphatic rings. The highest BCUT2D eigenvalue weighted by atomic mass is 32.1. The van der Waals surface area contributed by atoms with E-state index < -0.39 is 5.60 Å². The Morgan fingerprint density at radius 3 is 2.63 bits per heavy atom. The second-order valence-corrected chi connectivity index (χ2v) is 6.67. The van der Waals surface area contributed by atoms with Gasteiger partial charge in [-0.15, -0.1) is 11.3 Å². The molecule has 0 bridgehead atoms. The van der Waals surface area contributed by atoms with Crippen LogP contribution in [0.25, 0.3) is 0 Å². The topological polar surface area (TPSA) is 50.4 Å². The zero-order valence-electron chi connectivity index (χ0n) is 12.3. The first-order chi connectivity index (χ1) is 8.78. The zero-order valence-corrected chi connectivity index (χ0v) is 13.1. The second-order valence-electron chi connectivity index (χ2n) is 5.69. The van der Waals surface area contributed by atoms with Crippen molar-refractivity contribution >= 4 is 17.4 Å². The van der Waals surface area contributed by atoms with Crippen molar-refractivity contribution in [1.82, 2.24) is 10.6 Å². The zero-order chi connectivity index (χ0) is 14.5. The summed E-state index contributed by atoms with van der Waals surface area (Å²) in [7, 11) is 0. The van der Waals surface area contributed by atoms with E-state index in [-0.39, 0.29) is 12.1 Å². The van der Waals surface area contributed by atoms with Gasteiger partial charge in [0.2, 0.25) is 0 Å². The van der Waals surface area contributed by atoms with E-state index in [0.717, 1.165) is 0 Å². The summed E-state index contributed by atoms with van der Waals surface area (Å²) in [5.74, 6) is 0. The van der Waals surface area contributed by atoms with Crippen molar-refractivity contribution in [2.45, 2.75) is 52.3 Å². The molecule has 19 heavy (non-hydrogen) atoms. The van der Waals surface area contributed by atoms with Gasteiger partial charge in [-0.25, -0.2) is 4.79 Å². The Morgan fingerprint density at radius 1 is 1.42 bits per heavy atom. The Kier molecular flexibility index (Phi) is 5.82. The minimum atomic E-state index is -0.457. The number of hydrogen-bond donors (Lipinski definition) is 2. The van der Waals surface area contributed by atoms with Crippen molar-refractivity contribution in [2.24, 2.45) is 0 Å². The molecular weight excluding hydrogens is 260 g/mol. The van der Waals surface area contributed by atoms with Gasteiger partial charge in [-0.3, -0.25) is 0 Å². The summed E-state index contributed by atoms with van der Waals surface area (Å²) in [6.45, 7) is 10.3. The lowest BCUT2D eigenvalue weighted by Gasteiger charge is -2.23. The molecular formula is C14H24N2O2S. The quantitative estimate of drug-likeness (QED) is 0.872. The van der Waals surface area contributed by atoms with Crippen molar-refractivity contribution < 1.29 is 9.53 Å². The van der Waals surface area contributed by atoms with Crippen LogP contribution in [0.15, 0.2) is 17.5 Å². The van der Waals surface area contributed by atoms with E-state index in [0.29, 0.717) is 12.6 Å². The largest absolute Gasteiger partial charge is 0.444 e. The van der Waals surface area contributed by atoms with Crippen LogP contribution >= 0.6 is 11.3 Å². The lowest BCUT2D eigenvalue weighted by atomic mass is 10.2. The third-order valence-electron chi connectivity index (χ3n) is 2.46. The molecule has 2 N–H and O–H groups in total.